The summed E-state index contributed by atoms with van der Waals surface area (Å²) in [5.41, 5.74) is 2.04. The number of alkyl halides is 3. The Morgan fingerprint density at radius 3 is 2.08 bits per heavy atom. The smallest absolute Gasteiger partial charge is 0.416 e. The molecule has 1 aliphatic rings. The summed E-state index contributed by atoms with van der Waals surface area (Å²) in [5.74, 6) is -1.48. The summed E-state index contributed by atoms with van der Waals surface area (Å²) >= 11 is 0. The fourth-order valence-electron chi connectivity index (χ4n) is 5.57. The van der Waals surface area contributed by atoms with Crippen molar-refractivity contribution in [3.63, 3.8) is 0 Å². The van der Waals surface area contributed by atoms with Crippen molar-refractivity contribution >= 4 is 5.97 Å². The Balaban J connectivity index is 1.96. The van der Waals surface area contributed by atoms with Gasteiger partial charge in [0.15, 0.2) is 0 Å². The molecule has 0 aromatic heterocycles. The molecule has 1 saturated heterocycles. The fourth-order valence-corrected chi connectivity index (χ4v) is 5.57. The lowest BCUT2D eigenvalue weighted by molar-refractivity contribution is -0.139. The van der Waals surface area contributed by atoms with Gasteiger partial charge in [-0.15, -0.1) is 0 Å². The van der Waals surface area contributed by atoms with Crippen LogP contribution in [0, 0.1) is 11.7 Å². The largest absolute Gasteiger partial charge is 0.481 e. The Labute approximate surface area is 221 Å². The second kappa shape index (κ2) is 10.9. The second-order valence-corrected chi connectivity index (χ2v) is 10.4. The predicted octanol–water partition coefficient (Wildman–Crippen LogP) is 8.09. The summed E-state index contributed by atoms with van der Waals surface area (Å²) in [6.45, 7) is 7.67. The van der Waals surface area contributed by atoms with Gasteiger partial charge in [0.2, 0.25) is 0 Å². The lowest BCUT2D eigenvalue weighted by Crippen LogP contribution is -2.48. The highest BCUT2D eigenvalue weighted by Gasteiger charge is 2.39. The molecule has 0 amide bonds. The molecule has 1 aliphatic heterocycles. The molecule has 1 heterocycles. The van der Waals surface area contributed by atoms with E-state index >= 15 is 0 Å². The third kappa shape index (κ3) is 5.48. The summed E-state index contributed by atoms with van der Waals surface area (Å²) in [6, 6.07) is 16.8. The number of carboxylic acids is 1. The predicted molar refractivity (Wildman–Crippen MR) is 140 cm³/mol. The van der Waals surface area contributed by atoms with Gasteiger partial charge in [0.05, 0.1) is 17.0 Å². The zero-order valence-electron chi connectivity index (χ0n) is 21.9. The van der Waals surface area contributed by atoms with Gasteiger partial charge in [0.1, 0.15) is 5.82 Å². The van der Waals surface area contributed by atoms with Crippen LogP contribution in [0.3, 0.4) is 0 Å². The Bertz CT molecular complexity index is 1260. The molecule has 2 unspecified atom stereocenters. The number of hydrogen-bond acceptors (Lipinski definition) is 2. The Morgan fingerprint density at radius 1 is 0.974 bits per heavy atom. The van der Waals surface area contributed by atoms with Crippen molar-refractivity contribution in [3.8, 4) is 11.1 Å². The molecule has 1 fully saturated rings. The molecule has 1 N–H and O–H groups in total. The first kappa shape index (κ1) is 27.8. The average Bonchev–Trinajstić information content (AvgIpc) is 2.89. The van der Waals surface area contributed by atoms with Gasteiger partial charge >= 0.3 is 12.1 Å². The van der Waals surface area contributed by atoms with Crippen LogP contribution in [-0.4, -0.2) is 29.1 Å². The topological polar surface area (TPSA) is 40.5 Å². The van der Waals surface area contributed by atoms with Crippen molar-refractivity contribution in [2.24, 2.45) is 5.92 Å². The van der Waals surface area contributed by atoms with E-state index in [4.69, 9.17) is 0 Å². The van der Waals surface area contributed by atoms with E-state index in [2.05, 4.69) is 18.7 Å². The van der Waals surface area contributed by atoms with Crippen LogP contribution in [0.5, 0.6) is 0 Å². The standard InChI is InChI=1S/C31H33F4NO2/c1-4-26(29(37)38)22-7-14-28(27(19-22)21-5-8-24(9-6-21)31(33,34)35)30(3,23-10-12-25(32)13-11-23)36-17-15-20(2)16-18-36/h5-14,19-20,26H,4,15-18H2,1-3H3,(H,37,38). The minimum Gasteiger partial charge on any atom is -0.481 e. The highest BCUT2D eigenvalue weighted by atomic mass is 19.4. The summed E-state index contributed by atoms with van der Waals surface area (Å²) in [5, 5.41) is 9.81. The highest BCUT2D eigenvalue weighted by molar-refractivity contribution is 5.78. The molecule has 202 valence electrons. The van der Waals surface area contributed by atoms with Crippen molar-refractivity contribution in [2.45, 2.75) is 57.7 Å². The monoisotopic (exact) mass is 527 g/mol. The minimum atomic E-state index is -4.47. The van der Waals surface area contributed by atoms with Crippen LogP contribution < -0.4 is 0 Å². The van der Waals surface area contributed by atoms with Gasteiger partial charge in [-0.2, -0.15) is 13.2 Å². The molecule has 4 rings (SSSR count). The van der Waals surface area contributed by atoms with Gasteiger partial charge in [-0.25, -0.2) is 4.39 Å². The Hall–Kier alpha value is -3.19. The molecular weight excluding hydrogens is 494 g/mol. The first-order valence-corrected chi connectivity index (χ1v) is 13.0. The third-order valence-corrected chi connectivity index (χ3v) is 8.02. The first-order chi connectivity index (χ1) is 17.9. The number of benzene rings is 3. The second-order valence-electron chi connectivity index (χ2n) is 10.4. The van der Waals surface area contributed by atoms with E-state index in [-0.39, 0.29) is 5.82 Å². The third-order valence-electron chi connectivity index (χ3n) is 8.02. The molecule has 0 spiro atoms. The van der Waals surface area contributed by atoms with Gasteiger partial charge in [-0.3, -0.25) is 9.69 Å². The molecule has 0 radical (unpaired) electrons. The number of likely N-dealkylation sites (tertiary alicyclic amines) is 1. The van der Waals surface area contributed by atoms with E-state index < -0.39 is 29.2 Å². The molecular formula is C31H33F4NO2. The quantitative estimate of drug-likeness (QED) is 0.316. The zero-order chi connectivity index (χ0) is 27.7. The van der Waals surface area contributed by atoms with Crippen LogP contribution >= 0.6 is 0 Å². The number of carbonyl (C=O) groups is 1. The summed E-state index contributed by atoms with van der Waals surface area (Å²) in [6.07, 6.45) is -2.11. The maximum absolute atomic E-state index is 13.9. The fraction of sp³-hybridized carbons (Fsp3) is 0.387. The van der Waals surface area contributed by atoms with E-state index in [1.807, 2.05) is 6.07 Å². The Kier molecular flexibility index (Phi) is 7.98. The van der Waals surface area contributed by atoms with E-state index in [1.165, 1.54) is 24.3 Å². The molecule has 2 atom stereocenters. The Morgan fingerprint density at radius 2 is 1.55 bits per heavy atom. The van der Waals surface area contributed by atoms with Gasteiger partial charge < -0.3 is 5.11 Å². The van der Waals surface area contributed by atoms with Crippen molar-refractivity contribution in [1.82, 2.24) is 4.90 Å². The van der Waals surface area contributed by atoms with Crippen LogP contribution in [0.4, 0.5) is 17.6 Å². The number of aliphatic carboxylic acids is 1. The van der Waals surface area contributed by atoms with Crippen LogP contribution in [-0.2, 0) is 16.5 Å². The molecule has 7 heteroatoms. The number of nitrogens with zero attached hydrogens (tertiary/aromatic N) is 1. The molecule has 3 aromatic rings. The van der Waals surface area contributed by atoms with Crippen LogP contribution in [0.15, 0.2) is 66.7 Å². The number of rotatable bonds is 7. The van der Waals surface area contributed by atoms with Crippen LogP contribution in [0.25, 0.3) is 11.1 Å². The zero-order valence-corrected chi connectivity index (χ0v) is 21.9. The number of halogens is 4. The van der Waals surface area contributed by atoms with Crippen molar-refractivity contribution < 1.29 is 27.5 Å². The van der Waals surface area contributed by atoms with E-state index in [0.29, 0.717) is 29.0 Å². The van der Waals surface area contributed by atoms with Crippen molar-refractivity contribution in [2.75, 3.05) is 13.1 Å². The average molecular weight is 528 g/mol. The summed E-state index contributed by atoms with van der Waals surface area (Å²) in [4.78, 5) is 14.3. The van der Waals surface area contributed by atoms with Gasteiger partial charge in [0, 0.05) is 0 Å². The lowest BCUT2D eigenvalue weighted by atomic mass is 9.76. The van der Waals surface area contributed by atoms with Gasteiger partial charge in [-0.1, -0.05) is 50.2 Å². The van der Waals surface area contributed by atoms with E-state index in [1.54, 1.807) is 31.2 Å². The van der Waals surface area contributed by atoms with Crippen LogP contribution in [0.1, 0.15) is 68.2 Å². The van der Waals surface area contributed by atoms with Gasteiger partial charge in [-0.05, 0) is 103 Å². The molecule has 0 aliphatic carbocycles. The van der Waals surface area contributed by atoms with E-state index in [0.717, 1.165) is 49.2 Å². The summed E-state index contributed by atoms with van der Waals surface area (Å²) in [7, 11) is 0. The van der Waals surface area contributed by atoms with Crippen molar-refractivity contribution in [1.29, 1.82) is 0 Å². The summed E-state index contributed by atoms with van der Waals surface area (Å²) < 4.78 is 53.9. The number of piperidine rings is 1. The molecule has 38 heavy (non-hydrogen) atoms. The SMILES string of the molecule is CCC(C(=O)O)c1ccc(C(C)(c2ccc(F)cc2)N2CCC(C)CC2)c(-c2ccc(C(F)(F)F)cc2)c1. The van der Waals surface area contributed by atoms with Crippen LogP contribution in [0.2, 0.25) is 0 Å². The first-order valence-electron chi connectivity index (χ1n) is 13.0. The maximum Gasteiger partial charge on any atom is 0.416 e. The molecule has 0 saturated carbocycles. The lowest BCUT2D eigenvalue weighted by Gasteiger charge is -2.46. The van der Waals surface area contributed by atoms with Crippen molar-refractivity contribution in [3.05, 3.63) is 94.8 Å². The van der Waals surface area contributed by atoms with E-state index in [9.17, 15) is 27.5 Å². The maximum atomic E-state index is 13.9. The molecule has 3 nitrogen and oxygen atoms in total. The number of hydrogen-bond donors (Lipinski definition) is 1. The number of carboxylic acid groups (broad SMARTS) is 1. The van der Waals surface area contributed by atoms with Gasteiger partial charge in [0.25, 0.3) is 0 Å². The normalized spacial score (nSPS) is 17.7. The molecule has 3 aromatic carbocycles. The highest BCUT2D eigenvalue weighted by Crippen LogP contribution is 2.44. The molecule has 0 bridgehead atoms. The minimum absolute atomic E-state index is 0.353.